The molecule has 0 saturated heterocycles. The van der Waals surface area contributed by atoms with Crippen molar-refractivity contribution in [2.45, 2.75) is 13.5 Å². The molecule has 0 aliphatic carbocycles. The van der Waals surface area contributed by atoms with E-state index in [-0.39, 0.29) is 5.91 Å². The van der Waals surface area contributed by atoms with Crippen LogP contribution in [0, 0.1) is 6.92 Å². The first-order valence-electron chi connectivity index (χ1n) is 9.33. The first-order chi connectivity index (χ1) is 13.9. The van der Waals surface area contributed by atoms with Gasteiger partial charge in [-0.1, -0.05) is 54.1 Å². The Bertz CT molecular complexity index is 1180. The van der Waals surface area contributed by atoms with Crippen molar-refractivity contribution in [1.82, 2.24) is 19.7 Å². The van der Waals surface area contributed by atoms with Crippen molar-refractivity contribution in [2.24, 2.45) is 7.05 Å². The summed E-state index contributed by atoms with van der Waals surface area (Å²) in [6, 6.07) is 19.3. The number of pyridine rings is 1. The molecule has 2 aromatic carbocycles. The van der Waals surface area contributed by atoms with E-state index in [4.69, 9.17) is 16.6 Å². The van der Waals surface area contributed by atoms with Crippen molar-refractivity contribution in [3.05, 3.63) is 82.5 Å². The predicted molar refractivity (Wildman–Crippen MR) is 116 cm³/mol. The van der Waals surface area contributed by atoms with Gasteiger partial charge in [-0.05, 0) is 30.7 Å². The van der Waals surface area contributed by atoms with Crippen LogP contribution in [0.25, 0.3) is 22.3 Å². The highest BCUT2D eigenvalue weighted by atomic mass is 35.5. The summed E-state index contributed by atoms with van der Waals surface area (Å²) in [5.74, 6) is -0.0689. The van der Waals surface area contributed by atoms with Gasteiger partial charge in [0.15, 0.2) is 5.65 Å². The van der Waals surface area contributed by atoms with Gasteiger partial charge >= 0.3 is 0 Å². The van der Waals surface area contributed by atoms with Crippen molar-refractivity contribution in [3.8, 4) is 11.3 Å². The third-order valence-electron chi connectivity index (χ3n) is 4.95. The number of benzene rings is 2. The molecule has 6 heteroatoms. The Morgan fingerprint density at radius 2 is 1.79 bits per heavy atom. The first-order valence-corrected chi connectivity index (χ1v) is 9.71. The molecule has 0 radical (unpaired) electrons. The van der Waals surface area contributed by atoms with Gasteiger partial charge in [-0.25, -0.2) is 4.98 Å². The average Bonchev–Trinajstić information content (AvgIpc) is 3.03. The largest absolute Gasteiger partial charge is 0.337 e. The molecular weight excluding hydrogens is 384 g/mol. The van der Waals surface area contributed by atoms with E-state index in [1.165, 1.54) is 0 Å². The summed E-state index contributed by atoms with van der Waals surface area (Å²) in [6.45, 7) is 2.39. The molecule has 0 unspecified atom stereocenters. The fourth-order valence-corrected chi connectivity index (χ4v) is 3.64. The number of halogens is 1. The van der Waals surface area contributed by atoms with E-state index >= 15 is 0 Å². The smallest absolute Gasteiger partial charge is 0.254 e. The lowest BCUT2D eigenvalue weighted by atomic mass is 10.0. The number of fused-ring (bicyclic) bond motifs is 1. The standard InChI is InChI=1S/C23H21ClN4O/c1-15-21-19(23(29)27(2)14-16-9-11-18(24)12-10-16)13-20(17-7-5-4-6-8-17)25-22(21)28(3)26-15/h4-13H,14H2,1-3H3. The van der Waals surface area contributed by atoms with Crippen LogP contribution in [-0.2, 0) is 13.6 Å². The minimum absolute atomic E-state index is 0.0689. The molecule has 4 aromatic rings. The van der Waals surface area contributed by atoms with E-state index in [0.717, 1.165) is 27.9 Å². The Hall–Kier alpha value is -3.18. The molecule has 0 aliphatic rings. The maximum atomic E-state index is 13.4. The maximum Gasteiger partial charge on any atom is 0.254 e. The second-order valence-electron chi connectivity index (χ2n) is 7.12. The second kappa shape index (κ2) is 7.68. The van der Waals surface area contributed by atoms with E-state index in [0.29, 0.717) is 22.8 Å². The molecule has 0 spiro atoms. The number of aromatic nitrogens is 3. The van der Waals surface area contributed by atoms with Crippen molar-refractivity contribution in [1.29, 1.82) is 0 Å². The molecule has 2 aromatic heterocycles. The third-order valence-corrected chi connectivity index (χ3v) is 5.20. The molecule has 0 aliphatic heterocycles. The fraction of sp³-hybridized carbons (Fsp3) is 0.174. The number of carbonyl (C=O) groups excluding carboxylic acids is 1. The molecule has 0 fully saturated rings. The molecule has 146 valence electrons. The van der Waals surface area contributed by atoms with E-state index in [2.05, 4.69) is 5.10 Å². The average molecular weight is 405 g/mol. The molecule has 4 rings (SSSR count). The number of hydrogen-bond acceptors (Lipinski definition) is 3. The molecule has 5 nitrogen and oxygen atoms in total. The van der Waals surface area contributed by atoms with E-state index in [1.807, 2.05) is 74.6 Å². The normalized spacial score (nSPS) is 11.0. The van der Waals surface area contributed by atoms with Crippen LogP contribution in [0.1, 0.15) is 21.6 Å². The highest BCUT2D eigenvalue weighted by Crippen LogP contribution is 2.28. The lowest BCUT2D eigenvalue weighted by Gasteiger charge is -2.18. The minimum Gasteiger partial charge on any atom is -0.337 e. The number of rotatable bonds is 4. The summed E-state index contributed by atoms with van der Waals surface area (Å²) in [7, 11) is 3.65. The van der Waals surface area contributed by atoms with Gasteiger partial charge in [0.25, 0.3) is 5.91 Å². The van der Waals surface area contributed by atoms with Crippen LogP contribution in [0.2, 0.25) is 5.02 Å². The van der Waals surface area contributed by atoms with E-state index in [1.54, 1.807) is 16.6 Å². The van der Waals surface area contributed by atoms with Crippen molar-refractivity contribution in [2.75, 3.05) is 7.05 Å². The molecule has 1 amide bonds. The molecular formula is C23H21ClN4O. The Balaban J connectivity index is 1.78. The number of aryl methyl sites for hydroxylation is 2. The van der Waals surface area contributed by atoms with Gasteiger partial charge in [0.1, 0.15) is 0 Å². The van der Waals surface area contributed by atoms with Crippen LogP contribution in [0.15, 0.2) is 60.7 Å². The zero-order valence-electron chi connectivity index (χ0n) is 16.6. The minimum atomic E-state index is -0.0689. The third kappa shape index (κ3) is 3.74. The zero-order chi connectivity index (χ0) is 20.5. The second-order valence-corrected chi connectivity index (χ2v) is 7.55. The lowest BCUT2D eigenvalue weighted by Crippen LogP contribution is -2.26. The van der Waals surface area contributed by atoms with Crippen LogP contribution >= 0.6 is 11.6 Å². The summed E-state index contributed by atoms with van der Waals surface area (Å²) < 4.78 is 1.73. The Kier molecular flexibility index (Phi) is 5.07. The van der Waals surface area contributed by atoms with Crippen LogP contribution in [-0.4, -0.2) is 32.6 Å². The van der Waals surface area contributed by atoms with Gasteiger partial charge in [-0.2, -0.15) is 5.10 Å². The summed E-state index contributed by atoms with van der Waals surface area (Å²) in [6.07, 6.45) is 0. The topological polar surface area (TPSA) is 51.0 Å². The number of carbonyl (C=O) groups is 1. The van der Waals surface area contributed by atoms with Crippen LogP contribution in [0.4, 0.5) is 0 Å². The summed E-state index contributed by atoms with van der Waals surface area (Å²) in [5.41, 5.74) is 4.83. The molecule has 0 saturated carbocycles. The lowest BCUT2D eigenvalue weighted by molar-refractivity contribution is 0.0787. The Morgan fingerprint density at radius 3 is 2.48 bits per heavy atom. The van der Waals surface area contributed by atoms with Gasteiger partial charge in [-0.15, -0.1) is 0 Å². The highest BCUT2D eigenvalue weighted by molar-refractivity contribution is 6.30. The Morgan fingerprint density at radius 1 is 1.10 bits per heavy atom. The molecule has 29 heavy (non-hydrogen) atoms. The molecule has 2 heterocycles. The highest BCUT2D eigenvalue weighted by Gasteiger charge is 2.21. The van der Waals surface area contributed by atoms with Gasteiger partial charge in [0.2, 0.25) is 0 Å². The van der Waals surface area contributed by atoms with Crippen molar-refractivity contribution >= 4 is 28.5 Å². The number of amides is 1. The van der Waals surface area contributed by atoms with E-state index < -0.39 is 0 Å². The summed E-state index contributed by atoms with van der Waals surface area (Å²) >= 11 is 5.97. The fourth-order valence-electron chi connectivity index (χ4n) is 3.51. The number of nitrogens with zero attached hydrogens (tertiary/aromatic N) is 4. The van der Waals surface area contributed by atoms with Crippen molar-refractivity contribution < 1.29 is 4.79 Å². The van der Waals surface area contributed by atoms with Gasteiger partial charge in [0.05, 0.1) is 22.3 Å². The molecule has 0 atom stereocenters. The SMILES string of the molecule is Cc1nn(C)c2nc(-c3ccccc3)cc(C(=O)N(C)Cc3ccc(Cl)cc3)c12. The number of hydrogen-bond donors (Lipinski definition) is 0. The summed E-state index contributed by atoms with van der Waals surface area (Å²) in [5, 5.41) is 5.96. The zero-order valence-corrected chi connectivity index (χ0v) is 17.3. The van der Waals surface area contributed by atoms with Crippen molar-refractivity contribution in [3.63, 3.8) is 0 Å². The van der Waals surface area contributed by atoms with Crippen LogP contribution < -0.4 is 0 Å². The predicted octanol–water partition coefficient (Wildman–Crippen LogP) is 4.87. The first kappa shape index (κ1) is 19.2. The van der Waals surface area contributed by atoms with E-state index in [9.17, 15) is 4.79 Å². The van der Waals surface area contributed by atoms with Gasteiger partial charge in [0, 0.05) is 31.2 Å². The quantitative estimate of drug-likeness (QED) is 0.487. The Labute approximate surface area is 174 Å². The molecule has 0 N–H and O–H groups in total. The van der Waals surface area contributed by atoms with Crippen LogP contribution in [0.3, 0.4) is 0 Å². The van der Waals surface area contributed by atoms with Gasteiger partial charge in [-0.3, -0.25) is 9.48 Å². The van der Waals surface area contributed by atoms with Crippen LogP contribution in [0.5, 0.6) is 0 Å². The monoisotopic (exact) mass is 404 g/mol. The van der Waals surface area contributed by atoms with Gasteiger partial charge < -0.3 is 4.90 Å². The summed E-state index contributed by atoms with van der Waals surface area (Å²) in [4.78, 5) is 19.9. The maximum absolute atomic E-state index is 13.4. The molecule has 0 bridgehead atoms.